The molecule has 0 saturated carbocycles. The van der Waals surface area contributed by atoms with Crippen LogP contribution >= 0.6 is 0 Å². The molecule has 0 spiro atoms. The van der Waals surface area contributed by atoms with E-state index in [2.05, 4.69) is 10.1 Å². The van der Waals surface area contributed by atoms with Crippen LogP contribution in [0, 0.1) is 0 Å². The molecule has 1 amide bonds. The molecular formula is C16H20F2N2O3. The summed E-state index contributed by atoms with van der Waals surface area (Å²) in [4.78, 5) is 14.1. The van der Waals surface area contributed by atoms with Crippen molar-refractivity contribution in [2.24, 2.45) is 0 Å². The third-order valence-corrected chi connectivity index (χ3v) is 4.37. The van der Waals surface area contributed by atoms with Crippen LogP contribution in [0.2, 0.25) is 0 Å². The Morgan fingerprint density at radius 2 is 2.13 bits per heavy atom. The fraction of sp³-hybridized carbons (Fsp3) is 0.562. The average Bonchev–Trinajstić information content (AvgIpc) is 3.07. The molecule has 2 aliphatic rings. The van der Waals surface area contributed by atoms with Gasteiger partial charge in [-0.3, -0.25) is 4.79 Å². The number of halogens is 2. The first-order valence-corrected chi connectivity index (χ1v) is 7.79. The Morgan fingerprint density at radius 1 is 1.35 bits per heavy atom. The van der Waals surface area contributed by atoms with Crippen LogP contribution in [0.25, 0.3) is 0 Å². The number of nitrogens with zero attached hydrogens (tertiary/aromatic N) is 1. The summed E-state index contributed by atoms with van der Waals surface area (Å²) in [5, 5.41) is 3.33. The van der Waals surface area contributed by atoms with Gasteiger partial charge in [0.25, 0.3) is 0 Å². The second kappa shape index (κ2) is 6.80. The lowest BCUT2D eigenvalue weighted by atomic mass is 10.1. The Labute approximate surface area is 133 Å². The van der Waals surface area contributed by atoms with E-state index in [-0.39, 0.29) is 29.8 Å². The Bertz CT molecular complexity index is 570. The van der Waals surface area contributed by atoms with E-state index in [1.807, 2.05) is 6.92 Å². The summed E-state index contributed by atoms with van der Waals surface area (Å²) in [5.41, 5.74) is 0.387. The van der Waals surface area contributed by atoms with Crippen LogP contribution in [-0.4, -0.2) is 43.9 Å². The number of nitrogens with one attached hydrogen (secondary N) is 1. The Kier molecular flexibility index (Phi) is 4.77. The van der Waals surface area contributed by atoms with Crippen LogP contribution in [0.4, 0.5) is 14.5 Å². The molecule has 0 radical (unpaired) electrons. The maximum atomic E-state index is 12.6. The summed E-state index contributed by atoms with van der Waals surface area (Å²) in [7, 11) is 0. The van der Waals surface area contributed by atoms with E-state index in [9.17, 15) is 13.6 Å². The van der Waals surface area contributed by atoms with E-state index in [0.717, 1.165) is 6.42 Å². The van der Waals surface area contributed by atoms with Crippen molar-refractivity contribution in [2.75, 3.05) is 18.1 Å². The lowest BCUT2D eigenvalue weighted by molar-refractivity contribution is -0.119. The molecule has 3 atom stereocenters. The van der Waals surface area contributed by atoms with Gasteiger partial charge in [0.2, 0.25) is 5.91 Å². The molecular weight excluding hydrogens is 306 g/mol. The van der Waals surface area contributed by atoms with E-state index in [1.165, 1.54) is 11.0 Å². The van der Waals surface area contributed by atoms with Crippen LogP contribution in [0.15, 0.2) is 24.3 Å². The van der Waals surface area contributed by atoms with Gasteiger partial charge in [-0.25, -0.2) is 0 Å². The zero-order valence-electron chi connectivity index (χ0n) is 12.9. The van der Waals surface area contributed by atoms with Crippen LogP contribution in [0.5, 0.6) is 5.75 Å². The molecule has 0 unspecified atom stereocenters. The van der Waals surface area contributed by atoms with Gasteiger partial charge in [-0.15, -0.1) is 0 Å². The summed E-state index contributed by atoms with van der Waals surface area (Å²) >= 11 is 0. The highest BCUT2D eigenvalue weighted by Crippen LogP contribution is 2.32. The smallest absolute Gasteiger partial charge is 0.387 e. The first-order chi connectivity index (χ1) is 11.1. The van der Waals surface area contributed by atoms with E-state index >= 15 is 0 Å². The van der Waals surface area contributed by atoms with Gasteiger partial charge in [0.15, 0.2) is 0 Å². The zero-order valence-corrected chi connectivity index (χ0v) is 12.9. The van der Waals surface area contributed by atoms with Crippen molar-refractivity contribution in [3.05, 3.63) is 24.3 Å². The van der Waals surface area contributed by atoms with Gasteiger partial charge >= 0.3 is 6.61 Å². The molecule has 2 fully saturated rings. The molecule has 23 heavy (non-hydrogen) atoms. The topological polar surface area (TPSA) is 50.8 Å². The lowest BCUT2D eigenvalue weighted by Crippen LogP contribution is -2.46. The summed E-state index contributed by atoms with van der Waals surface area (Å²) in [6.45, 7) is 0.226. The number of carbonyl (C=O) groups is 1. The van der Waals surface area contributed by atoms with Gasteiger partial charge in [-0.2, -0.15) is 8.78 Å². The molecule has 1 aromatic rings. The minimum Gasteiger partial charge on any atom is -0.433 e. The van der Waals surface area contributed by atoms with Gasteiger partial charge in [0.05, 0.1) is 17.8 Å². The van der Waals surface area contributed by atoms with Crippen molar-refractivity contribution in [3.8, 4) is 5.75 Å². The number of alkyl halides is 2. The molecule has 0 aromatic heterocycles. The lowest BCUT2D eigenvalue weighted by Gasteiger charge is -2.22. The van der Waals surface area contributed by atoms with Crippen LogP contribution in [-0.2, 0) is 9.53 Å². The summed E-state index contributed by atoms with van der Waals surface area (Å²) in [6, 6.07) is 6.21. The predicted octanol–water partition coefficient (Wildman–Crippen LogP) is 2.16. The van der Waals surface area contributed by atoms with Crippen molar-refractivity contribution in [1.82, 2.24) is 5.32 Å². The van der Waals surface area contributed by atoms with E-state index < -0.39 is 6.61 Å². The molecule has 126 valence electrons. The van der Waals surface area contributed by atoms with Crippen molar-refractivity contribution in [3.63, 3.8) is 0 Å². The number of hydrogen-bond acceptors (Lipinski definition) is 4. The maximum Gasteiger partial charge on any atom is 0.387 e. The van der Waals surface area contributed by atoms with E-state index in [0.29, 0.717) is 25.3 Å². The SMILES string of the molecule is C[C@@H]1OCC[C@H]1N[C@@H]1CCN(c2ccccc2OC(F)F)C1=O. The molecule has 0 bridgehead atoms. The van der Waals surface area contributed by atoms with Gasteiger partial charge in [-0.1, -0.05) is 12.1 Å². The number of para-hydroxylation sites is 2. The Morgan fingerprint density at radius 3 is 2.83 bits per heavy atom. The third-order valence-electron chi connectivity index (χ3n) is 4.37. The summed E-state index contributed by atoms with van der Waals surface area (Å²) in [6.07, 6.45) is 1.58. The number of rotatable bonds is 5. The Hall–Kier alpha value is -1.73. The fourth-order valence-electron chi connectivity index (χ4n) is 3.16. The van der Waals surface area contributed by atoms with Crippen molar-refractivity contribution in [2.45, 2.75) is 44.6 Å². The molecule has 1 aromatic carbocycles. The van der Waals surface area contributed by atoms with Crippen LogP contribution in [0.1, 0.15) is 19.8 Å². The quantitative estimate of drug-likeness (QED) is 0.901. The molecule has 2 aliphatic heterocycles. The van der Waals surface area contributed by atoms with E-state index in [1.54, 1.807) is 18.2 Å². The molecule has 0 aliphatic carbocycles. The molecule has 5 nitrogen and oxygen atoms in total. The van der Waals surface area contributed by atoms with E-state index in [4.69, 9.17) is 4.74 Å². The largest absolute Gasteiger partial charge is 0.433 e. The van der Waals surface area contributed by atoms with Crippen molar-refractivity contribution < 1.29 is 23.0 Å². The number of anilines is 1. The average molecular weight is 326 g/mol. The number of ether oxygens (including phenoxy) is 2. The Balaban J connectivity index is 1.71. The van der Waals surface area contributed by atoms with Gasteiger partial charge in [0.1, 0.15) is 5.75 Å². The second-order valence-electron chi connectivity index (χ2n) is 5.82. The molecule has 3 rings (SSSR count). The zero-order chi connectivity index (χ0) is 16.4. The van der Waals surface area contributed by atoms with Gasteiger partial charge in [0, 0.05) is 19.2 Å². The minimum atomic E-state index is -2.92. The molecule has 2 heterocycles. The summed E-state index contributed by atoms with van der Waals surface area (Å²) < 4.78 is 35.1. The highest BCUT2D eigenvalue weighted by atomic mass is 19.3. The minimum absolute atomic E-state index is 0.0223. The highest BCUT2D eigenvalue weighted by molar-refractivity contribution is 6.00. The maximum absolute atomic E-state index is 12.6. The third kappa shape index (κ3) is 3.45. The van der Waals surface area contributed by atoms with Crippen molar-refractivity contribution >= 4 is 11.6 Å². The normalized spacial score (nSPS) is 27.9. The monoisotopic (exact) mass is 326 g/mol. The number of benzene rings is 1. The fourth-order valence-corrected chi connectivity index (χ4v) is 3.16. The number of amides is 1. The second-order valence-corrected chi connectivity index (χ2v) is 5.82. The van der Waals surface area contributed by atoms with Crippen molar-refractivity contribution in [1.29, 1.82) is 0 Å². The summed E-state index contributed by atoms with van der Waals surface area (Å²) in [5.74, 6) is -0.0940. The highest BCUT2D eigenvalue weighted by Gasteiger charge is 2.37. The molecule has 1 N–H and O–H groups in total. The first-order valence-electron chi connectivity index (χ1n) is 7.79. The number of carbonyl (C=O) groups excluding carboxylic acids is 1. The first kappa shape index (κ1) is 16.1. The van der Waals surface area contributed by atoms with Crippen LogP contribution < -0.4 is 15.0 Å². The van der Waals surface area contributed by atoms with Crippen LogP contribution in [0.3, 0.4) is 0 Å². The van der Waals surface area contributed by atoms with Gasteiger partial charge < -0.3 is 19.7 Å². The predicted molar refractivity (Wildman–Crippen MR) is 80.8 cm³/mol. The molecule has 2 saturated heterocycles. The number of hydrogen-bond donors (Lipinski definition) is 1. The van der Waals surface area contributed by atoms with Gasteiger partial charge in [-0.05, 0) is 31.9 Å². The standard InChI is InChI=1S/C16H20F2N2O3/c1-10-11(7-9-22-10)19-12-6-8-20(15(12)21)13-4-2-3-5-14(13)23-16(17)18/h2-5,10-12,16,19H,6-9H2,1H3/t10-,11+,12+/m0/s1. The molecule has 7 heteroatoms.